The van der Waals surface area contributed by atoms with Gasteiger partial charge < -0.3 is 15.2 Å². The van der Waals surface area contributed by atoms with Crippen molar-refractivity contribution >= 4 is 23.3 Å². The van der Waals surface area contributed by atoms with Crippen molar-refractivity contribution in [3.63, 3.8) is 0 Å². The maximum atomic E-state index is 11.0. The number of anilines is 1. The zero-order valence-electron chi connectivity index (χ0n) is 13.4. The molecule has 0 aliphatic rings. The summed E-state index contributed by atoms with van der Waals surface area (Å²) in [5, 5.41) is 13.0. The molecule has 0 atom stereocenters. The van der Waals surface area contributed by atoms with E-state index in [2.05, 4.69) is 5.32 Å². The molecule has 0 aliphatic carbocycles. The van der Waals surface area contributed by atoms with Crippen molar-refractivity contribution in [3.8, 4) is 5.75 Å². The van der Waals surface area contributed by atoms with Crippen LogP contribution in [-0.4, -0.2) is 17.2 Å². The number of hydrogen-bond acceptors (Lipinski definition) is 3. The summed E-state index contributed by atoms with van der Waals surface area (Å²) in [5.41, 5.74) is 2.98. The molecule has 0 saturated heterocycles. The third kappa shape index (κ3) is 4.63. The molecule has 0 aromatic heterocycles. The van der Waals surface area contributed by atoms with Gasteiger partial charge >= 0.3 is 5.97 Å². The number of ether oxygens (including phenoxy) is 1. The highest BCUT2D eigenvalue weighted by molar-refractivity contribution is 6.30. The lowest BCUT2D eigenvalue weighted by molar-refractivity contribution is 0.0697. The van der Waals surface area contributed by atoms with Gasteiger partial charge in [-0.25, -0.2) is 4.79 Å². The maximum absolute atomic E-state index is 11.0. The number of carboxylic acid groups (broad SMARTS) is 1. The second-order valence-electron chi connectivity index (χ2n) is 5.61. The molecule has 0 unspecified atom stereocenters. The Morgan fingerprint density at radius 1 is 1.26 bits per heavy atom. The zero-order valence-corrected chi connectivity index (χ0v) is 14.1. The van der Waals surface area contributed by atoms with Gasteiger partial charge in [0.2, 0.25) is 0 Å². The number of aromatic carboxylic acids is 1. The van der Waals surface area contributed by atoms with E-state index in [0.29, 0.717) is 11.6 Å². The standard InChI is InChI=1S/C18H20ClNO3/c1-11(2)23-17-7-5-15(19)9-14(17)10-20-16-6-4-13(18(21)22)8-12(16)3/h4-9,11,20H,10H2,1-3H3,(H,21,22). The number of carboxylic acids is 1. The van der Waals surface area contributed by atoms with Crippen molar-refractivity contribution in [1.29, 1.82) is 0 Å². The Morgan fingerprint density at radius 3 is 2.61 bits per heavy atom. The van der Waals surface area contributed by atoms with Gasteiger partial charge in [-0.15, -0.1) is 0 Å². The van der Waals surface area contributed by atoms with Crippen molar-refractivity contribution in [3.05, 3.63) is 58.1 Å². The average Bonchev–Trinajstić information content (AvgIpc) is 2.47. The molecule has 0 amide bonds. The largest absolute Gasteiger partial charge is 0.491 e. The van der Waals surface area contributed by atoms with E-state index in [9.17, 15) is 4.79 Å². The van der Waals surface area contributed by atoms with Crippen LogP contribution in [0.4, 0.5) is 5.69 Å². The Morgan fingerprint density at radius 2 is 2.00 bits per heavy atom. The molecular formula is C18H20ClNO3. The molecule has 0 radical (unpaired) electrons. The molecule has 0 fully saturated rings. The number of hydrogen-bond donors (Lipinski definition) is 2. The van der Waals surface area contributed by atoms with Crippen LogP contribution in [0, 0.1) is 6.92 Å². The smallest absolute Gasteiger partial charge is 0.335 e. The number of nitrogens with one attached hydrogen (secondary N) is 1. The molecular weight excluding hydrogens is 314 g/mol. The van der Waals surface area contributed by atoms with E-state index in [0.717, 1.165) is 22.6 Å². The fourth-order valence-electron chi connectivity index (χ4n) is 2.24. The first-order valence-electron chi connectivity index (χ1n) is 7.39. The molecule has 0 aliphatic heterocycles. The summed E-state index contributed by atoms with van der Waals surface area (Å²) in [6.45, 7) is 6.36. The number of halogens is 1. The summed E-state index contributed by atoms with van der Waals surface area (Å²) in [4.78, 5) is 11.0. The Kier molecular flexibility index (Phi) is 5.50. The molecule has 0 bridgehead atoms. The van der Waals surface area contributed by atoms with Gasteiger partial charge in [0.25, 0.3) is 0 Å². The summed E-state index contributed by atoms with van der Waals surface area (Å²) in [6, 6.07) is 10.5. The third-order valence-electron chi connectivity index (χ3n) is 3.33. The summed E-state index contributed by atoms with van der Waals surface area (Å²) in [7, 11) is 0. The normalized spacial score (nSPS) is 10.7. The Balaban J connectivity index is 2.17. The number of carbonyl (C=O) groups is 1. The molecule has 23 heavy (non-hydrogen) atoms. The molecule has 4 nitrogen and oxygen atoms in total. The van der Waals surface area contributed by atoms with Crippen LogP contribution in [0.25, 0.3) is 0 Å². The lowest BCUT2D eigenvalue weighted by Crippen LogP contribution is -2.10. The highest BCUT2D eigenvalue weighted by Crippen LogP contribution is 2.26. The van der Waals surface area contributed by atoms with E-state index >= 15 is 0 Å². The number of benzene rings is 2. The van der Waals surface area contributed by atoms with Crippen LogP contribution in [0.3, 0.4) is 0 Å². The van der Waals surface area contributed by atoms with Gasteiger partial charge in [-0.3, -0.25) is 0 Å². The van der Waals surface area contributed by atoms with Crippen molar-refractivity contribution in [2.45, 2.75) is 33.4 Å². The van der Waals surface area contributed by atoms with Crippen molar-refractivity contribution in [2.75, 3.05) is 5.32 Å². The van der Waals surface area contributed by atoms with E-state index in [1.165, 1.54) is 0 Å². The van der Waals surface area contributed by atoms with E-state index in [1.54, 1.807) is 24.3 Å². The van der Waals surface area contributed by atoms with Crippen LogP contribution in [0.2, 0.25) is 5.02 Å². The molecule has 2 rings (SSSR count). The molecule has 122 valence electrons. The highest BCUT2D eigenvalue weighted by Gasteiger charge is 2.09. The van der Waals surface area contributed by atoms with E-state index in [4.69, 9.17) is 21.4 Å². The highest BCUT2D eigenvalue weighted by atomic mass is 35.5. The molecule has 2 aromatic carbocycles. The van der Waals surface area contributed by atoms with Crippen molar-refractivity contribution in [2.24, 2.45) is 0 Å². The SMILES string of the molecule is Cc1cc(C(=O)O)ccc1NCc1cc(Cl)ccc1OC(C)C. The van der Waals surface area contributed by atoms with Gasteiger partial charge in [-0.05, 0) is 62.7 Å². The second kappa shape index (κ2) is 7.38. The van der Waals surface area contributed by atoms with E-state index < -0.39 is 5.97 Å². The third-order valence-corrected chi connectivity index (χ3v) is 3.56. The molecule has 0 saturated carbocycles. The predicted molar refractivity (Wildman–Crippen MR) is 92.7 cm³/mol. The average molecular weight is 334 g/mol. The summed E-state index contributed by atoms with van der Waals surface area (Å²) < 4.78 is 5.79. The number of rotatable bonds is 6. The lowest BCUT2D eigenvalue weighted by atomic mass is 10.1. The Hall–Kier alpha value is -2.20. The molecule has 2 N–H and O–H groups in total. The quantitative estimate of drug-likeness (QED) is 0.801. The zero-order chi connectivity index (χ0) is 17.0. The molecule has 5 heteroatoms. The predicted octanol–water partition coefficient (Wildman–Crippen LogP) is 4.75. The molecule has 0 spiro atoms. The second-order valence-corrected chi connectivity index (χ2v) is 6.04. The number of aryl methyl sites for hydroxylation is 1. The fourth-order valence-corrected chi connectivity index (χ4v) is 2.44. The summed E-state index contributed by atoms with van der Waals surface area (Å²) >= 11 is 6.07. The first kappa shape index (κ1) is 17.2. The lowest BCUT2D eigenvalue weighted by Gasteiger charge is -2.16. The van der Waals surface area contributed by atoms with Gasteiger partial charge in [0, 0.05) is 22.8 Å². The van der Waals surface area contributed by atoms with E-state index in [-0.39, 0.29) is 11.7 Å². The maximum Gasteiger partial charge on any atom is 0.335 e. The fraction of sp³-hybridized carbons (Fsp3) is 0.278. The van der Waals surface area contributed by atoms with E-state index in [1.807, 2.05) is 32.9 Å². The monoisotopic (exact) mass is 333 g/mol. The summed E-state index contributed by atoms with van der Waals surface area (Å²) in [6.07, 6.45) is 0.0755. The van der Waals surface area contributed by atoms with Crippen LogP contribution < -0.4 is 10.1 Å². The summed E-state index contributed by atoms with van der Waals surface area (Å²) in [5.74, 6) is -0.140. The van der Waals surface area contributed by atoms with Crippen LogP contribution in [-0.2, 0) is 6.54 Å². The topological polar surface area (TPSA) is 58.6 Å². The van der Waals surface area contributed by atoms with Crippen LogP contribution >= 0.6 is 11.6 Å². The minimum atomic E-state index is -0.929. The van der Waals surface area contributed by atoms with Gasteiger partial charge in [-0.2, -0.15) is 0 Å². The van der Waals surface area contributed by atoms with Gasteiger partial charge in [0.15, 0.2) is 0 Å². The Bertz CT molecular complexity index is 713. The Labute approximate surface area is 141 Å². The minimum Gasteiger partial charge on any atom is -0.491 e. The molecule has 0 heterocycles. The van der Waals surface area contributed by atoms with Crippen molar-refractivity contribution < 1.29 is 14.6 Å². The van der Waals surface area contributed by atoms with Crippen LogP contribution in [0.15, 0.2) is 36.4 Å². The van der Waals surface area contributed by atoms with Crippen molar-refractivity contribution in [1.82, 2.24) is 0 Å². The van der Waals surface area contributed by atoms with Gasteiger partial charge in [0.1, 0.15) is 5.75 Å². The minimum absolute atomic E-state index is 0.0755. The first-order valence-corrected chi connectivity index (χ1v) is 7.77. The van der Waals surface area contributed by atoms with Crippen LogP contribution in [0.1, 0.15) is 35.3 Å². The van der Waals surface area contributed by atoms with Gasteiger partial charge in [-0.1, -0.05) is 11.6 Å². The van der Waals surface area contributed by atoms with Crippen LogP contribution in [0.5, 0.6) is 5.75 Å². The molecule has 2 aromatic rings. The van der Waals surface area contributed by atoms with Gasteiger partial charge in [0.05, 0.1) is 11.7 Å². The first-order chi connectivity index (χ1) is 10.9.